The van der Waals surface area contributed by atoms with Gasteiger partial charge in [0.15, 0.2) is 0 Å². The second-order valence-corrected chi connectivity index (χ2v) is 7.26. The fourth-order valence-electron chi connectivity index (χ4n) is 2.15. The summed E-state index contributed by atoms with van der Waals surface area (Å²) < 4.78 is 16.4. The van der Waals surface area contributed by atoms with E-state index in [9.17, 15) is 0 Å². The number of hydrogen-bond donors (Lipinski definition) is 1. The van der Waals surface area contributed by atoms with Crippen LogP contribution in [0.1, 0.15) is 5.56 Å². The first-order chi connectivity index (χ1) is 8.64. The van der Waals surface area contributed by atoms with Gasteiger partial charge in [-0.1, -0.05) is 6.07 Å². The van der Waals surface area contributed by atoms with Gasteiger partial charge in [-0.25, -0.2) is 0 Å². The molecular weight excluding hydrogens is 248 g/mol. The molecule has 0 aliphatic carbocycles. The molecule has 1 heterocycles. The minimum atomic E-state index is -2.58. The molecule has 0 bridgehead atoms. The minimum absolute atomic E-state index is 0.638. The summed E-state index contributed by atoms with van der Waals surface area (Å²) in [6, 6.07) is 6.37. The van der Waals surface area contributed by atoms with Crippen molar-refractivity contribution in [2.45, 2.75) is 6.92 Å². The Kier molecular flexibility index (Phi) is 3.91. The molecule has 0 spiro atoms. The average molecular weight is 268 g/mol. The first-order valence-corrected chi connectivity index (χ1v) is 7.82. The number of anilines is 2. The fraction of sp³-hybridized carbons (Fsp3) is 0.500. The second kappa shape index (κ2) is 5.27. The fourth-order valence-corrected chi connectivity index (χ4v) is 3.79. The maximum atomic E-state index is 5.46. The van der Waals surface area contributed by atoms with Gasteiger partial charge in [-0.05, 0) is 24.6 Å². The molecule has 2 rings (SSSR count). The van der Waals surface area contributed by atoms with Gasteiger partial charge in [0.05, 0.1) is 24.2 Å². The summed E-state index contributed by atoms with van der Waals surface area (Å²) >= 11 is 0. The van der Waals surface area contributed by atoms with Gasteiger partial charge in [0, 0.05) is 21.3 Å². The summed E-state index contributed by atoms with van der Waals surface area (Å²) in [4.78, 5) is 2.19. The van der Waals surface area contributed by atoms with Crippen LogP contribution in [-0.2, 0) is 13.3 Å². The zero-order chi connectivity index (χ0) is 13.2. The quantitative estimate of drug-likeness (QED) is 0.822. The van der Waals surface area contributed by atoms with Gasteiger partial charge in [-0.15, -0.1) is 0 Å². The lowest BCUT2D eigenvalue weighted by Gasteiger charge is -2.29. The Morgan fingerprint density at radius 2 is 1.89 bits per heavy atom. The second-order valence-electron chi connectivity index (χ2n) is 4.35. The van der Waals surface area contributed by atoms with E-state index < -0.39 is 8.80 Å². The van der Waals surface area contributed by atoms with E-state index in [2.05, 4.69) is 35.3 Å². The molecule has 0 unspecified atom stereocenters. The highest BCUT2D eigenvalue weighted by Crippen LogP contribution is 2.32. The Morgan fingerprint density at radius 3 is 2.50 bits per heavy atom. The van der Waals surface area contributed by atoms with Gasteiger partial charge in [-0.3, -0.25) is 0 Å². The molecule has 0 amide bonds. The van der Waals surface area contributed by atoms with Crippen molar-refractivity contribution in [1.82, 2.24) is 0 Å². The zero-order valence-corrected chi connectivity index (χ0v) is 12.3. The normalized spacial score (nSPS) is 14.6. The third-order valence-electron chi connectivity index (χ3n) is 3.27. The number of benzene rings is 1. The monoisotopic (exact) mass is 268 g/mol. The number of rotatable bonds is 5. The van der Waals surface area contributed by atoms with Crippen molar-refractivity contribution in [3.63, 3.8) is 0 Å². The molecular formula is C12H20N2O3Si. The molecule has 1 aliphatic heterocycles. The van der Waals surface area contributed by atoms with E-state index in [1.807, 2.05) is 0 Å². The van der Waals surface area contributed by atoms with E-state index in [0.717, 1.165) is 12.4 Å². The molecule has 1 aromatic carbocycles. The first-order valence-electron chi connectivity index (χ1n) is 5.89. The molecule has 1 aromatic rings. The van der Waals surface area contributed by atoms with Gasteiger partial charge in [-0.2, -0.15) is 0 Å². The first kappa shape index (κ1) is 13.4. The van der Waals surface area contributed by atoms with Gasteiger partial charge < -0.3 is 23.5 Å². The topological polar surface area (TPSA) is 43.0 Å². The predicted molar refractivity (Wildman–Crippen MR) is 73.8 cm³/mol. The van der Waals surface area contributed by atoms with Crippen LogP contribution >= 0.6 is 0 Å². The van der Waals surface area contributed by atoms with Crippen LogP contribution in [0.4, 0.5) is 11.4 Å². The maximum Gasteiger partial charge on any atom is 0.520 e. The molecule has 0 saturated carbocycles. The molecule has 0 radical (unpaired) electrons. The maximum absolute atomic E-state index is 5.46. The molecule has 1 N–H and O–H groups in total. The zero-order valence-electron chi connectivity index (χ0n) is 11.3. The number of nitrogens with one attached hydrogen (secondary N) is 1. The van der Waals surface area contributed by atoms with Crippen LogP contribution in [0.5, 0.6) is 0 Å². The van der Waals surface area contributed by atoms with Crippen LogP contribution in [0.15, 0.2) is 18.2 Å². The molecule has 0 fully saturated rings. The van der Waals surface area contributed by atoms with Crippen molar-refractivity contribution in [2.75, 3.05) is 44.4 Å². The van der Waals surface area contributed by atoms with E-state index in [-0.39, 0.29) is 0 Å². The summed E-state index contributed by atoms with van der Waals surface area (Å²) in [5, 5.41) is 3.37. The Labute approximate surface area is 109 Å². The molecule has 5 nitrogen and oxygen atoms in total. The van der Waals surface area contributed by atoms with Crippen molar-refractivity contribution < 1.29 is 13.3 Å². The molecule has 1 aliphatic rings. The molecule has 100 valence electrons. The van der Waals surface area contributed by atoms with E-state index in [0.29, 0.717) is 6.17 Å². The SMILES string of the molecule is CO[Si](CN1CNc2cc(C)ccc21)(OC)OC. The van der Waals surface area contributed by atoms with Gasteiger partial charge >= 0.3 is 8.80 Å². The van der Waals surface area contributed by atoms with E-state index in [4.69, 9.17) is 13.3 Å². The molecule has 18 heavy (non-hydrogen) atoms. The Morgan fingerprint density at radius 1 is 1.22 bits per heavy atom. The third-order valence-corrected chi connectivity index (χ3v) is 5.91. The van der Waals surface area contributed by atoms with E-state index >= 15 is 0 Å². The lowest BCUT2D eigenvalue weighted by atomic mass is 10.2. The molecule has 6 heteroatoms. The van der Waals surface area contributed by atoms with Gasteiger partial charge in [0.25, 0.3) is 0 Å². The van der Waals surface area contributed by atoms with E-state index in [1.54, 1.807) is 21.3 Å². The summed E-state index contributed by atoms with van der Waals surface area (Å²) in [6.07, 6.45) is 0.638. The van der Waals surface area contributed by atoms with Crippen LogP contribution in [0.25, 0.3) is 0 Å². The Balaban J connectivity index is 2.18. The highest BCUT2D eigenvalue weighted by molar-refractivity contribution is 6.61. The Bertz CT molecular complexity index is 416. The van der Waals surface area contributed by atoms with Gasteiger partial charge in [0.1, 0.15) is 0 Å². The summed E-state index contributed by atoms with van der Waals surface area (Å²) in [7, 11) is 2.33. The highest BCUT2D eigenvalue weighted by Gasteiger charge is 2.41. The van der Waals surface area contributed by atoms with Gasteiger partial charge in [0.2, 0.25) is 0 Å². The van der Waals surface area contributed by atoms with Crippen LogP contribution in [0.3, 0.4) is 0 Å². The standard InChI is InChI=1S/C12H20N2O3Si/c1-10-5-6-12-11(7-10)13-8-14(12)9-18(15-2,16-3)17-4/h5-7,13H,8-9H2,1-4H3. The van der Waals surface area contributed by atoms with Crippen molar-refractivity contribution >= 4 is 20.2 Å². The third kappa shape index (κ3) is 2.37. The van der Waals surface area contributed by atoms with Crippen LogP contribution in [-0.4, -0.2) is 43.0 Å². The summed E-state index contributed by atoms with van der Waals surface area (Å²) in [6.45, 7) is 2.84. The number of hydrogen-bond acceptors (Lipinski definition) is 5. The average Bonchev–Trinajstić information content (AvgIpc) is 2.78. The smallest absolute Gasteiger partial charge is 0.376 e. The number of aryl methyl sites for hydroxylation is 1. The highest BCUT2D eigenvalue weighted by atomic mass is 28.4. The largest absolute Gasteiger partial charge is 0.520 e. The van der Waals surface area contributed by atoms with Crippen molar-refractivity contribution in [3.8, 4) is 0 Å². The van der Waals surface area contributed by atoms with Crippen molar-refractivity contribution in [3.05, 3.63) is 23.8 Å². The molecule has 0 aromatic heterocycles. The number of fused-ring (bicyclic) bond motifs is 1. The minimum Gasteiger partial charge on any atom is -0.376 e. The van der Waals surface area contributed by atoms with Crippen LogP contribution < -0.4 is 10.2 Å². The molecule has 0 atom stereocenters. The summed E-state index contributed by atoms with van der Waals surface area (Å²) in [5.74, 6) is 0. The van der Waals surface area contributed by atoms with Crippen LogP contribution in [0.2, 0.25) is 0 Å². The lowest BCUT2D eigenvalue weighted by molar-refractivity contribution is 0.125. The van der Waals surface area contributed by atoms with Crippen molar-refractivity contribution in [1.29, 1.82) is 0 Å². The lowest BCUT2D eigenvalue weighted by Crippen LogP contribution is -2.53. The van der Waals surface area contributed by atoms with Crippen LogP contribution in [0, 0.1) is 6.92 Å². The van der Waals surface area contributed by atoms with Crippen molar-refractivity contribution in [2.24, 2.45) is 0 Å². The van der Waals surface area contributed by atoms with E-state index in [1.165, 1.54) is 11.3 Å². The molecule has 0 saturated heterocycles. The number of nitrogens with zero attached hydrogens (tertiary/aromatic N) is 1. The Hall–Kier alpha value is -1.08. The predicted octanol–water partition coefficient (Wildman–Crippen LogP) is 1.60. The summed E-state index contributed by atoms with van der Waals surface area (Å²) in [5.41, 5.74) is 3.57.